The van der Waals surface area contributed by atoms with Crippen LogP contribution in [0.5, 0.6) is 0 Å². The standard InChI is InChI=1S/C16H12INO2S/c1-2-20-16(19)11-5-8-13-14(9-11)21-15(18-13)10-3-6-12(17)7-4-10/h3-9H,2H2,1H3. The van der Waals surface area contributed by atoms with Gasteiger partial charge in [-0.1, -0.05) is 12.1 Å². The Hall–Kier alpha value is -1.47. The zero-order valence-electron chi connectivity index (χ0n) is 11.3. The van der Waals surface area contributed by atoms with Gasteiger partial charge in [-0.3, -0.25) is 0 Å². The summed E-state index contributed by atoms with van der Waals surface area (Å²) < 4.78 is 7.22. The number of aromatic nitrogens is 1. The van der Waals surface area contributed by atoms with Gasteiger partial charge in [0.15, 0.2) is 0 Å². The van der Waals surface area contributed by atoms with Crippen LogP contribution in [-0.2, 0) is 4.74 Å². The van der Waals surface area contributed by atoms with E-state index in [1.165, 1.54) is 3.57 Å². The number of rotatable bonds is 3. The Bertz CT molecular complexity index is 796. The van der Waals surface area contributed by atoms with Gasteiger partial charge in [-0.15, -0.1) is 11.3 Å². The second kappa shape index (κ2) is 6.11. The van der Waals surface area contributed by atoms with E-state index in [0.29, 0.717) is 12.2 Å². The molecule has 0 spiro atoms. The van der Waals surface area contributed by atoms with Gasteiger partial charge in [-0.2, -0.15) is 0 Å². The van der Waals surface area contributed by atoms with Crippen molar-refractivity contribution in [1.29, 1.82) is 0 Å². The van der Waals surface area contributed by atoms with Gasteiger partial charge in [-0.05, 0) is 59.8 Å². The molecule has 0 atom stereocenters. The number of thiazole rings is 1. The number of carbonyl (C=O) groups excluding carboxylic acids is 1. The van der Waals surface area contributed by atoms with Crippen LogP contribution in [-0.4, -0.2) is 17.6 Å². The number of hydrogen-bond acceptors (Lipinski definition) is 4. The number of hydrogen-bond donors (Lipinski definition) is 0. The van der Waals surface area contributed by atoms with E-state index in [4.69, 9.17) is 4.74 Å². The molecular weight excluding hydrogens is 397 g/mol. The summed E-state index contributed by atoms with van der Waals surface area (Å²) in [6.07, 6.45) is 0. The lowest BCUT2D eigenvalue weighted by Gasteiger charge is -2.00. The van der Waals surface area contributed by atoms with E-state index in [0.717, 1.165) is 20.8 Å². The highest BCUT2D eigenvalue weighted by Crippen LogP contribution is 2.31. The molecule has 0 unspecified atom stereocenters. The lowest BCUT2D eigenvalue weighted by molar-refractivity contribution is 0.0526. The molecule has 0 radical (unpaired) electrons. The van der Waals surface area contributed by atoms with E-state index in [9.17, 15) is 4.79 Å². The molecule has 0 saturated carbocycles. The number of ether oxygens (including phenoxy) is 1. The van der Waals surface area contributed by atoms with E-state index in [1.54, 1.807) is 24.3 Å². The quantitative estimate of drug-likeness (QED) is 0.463. The van der Waals surface area contributed by atoms with E-state index < -0.39 is 0 Å². The molecule has 0 N–H and O–H groups in total. The van der Waals surface area contributed by atoms with Crippen LogP contribution in [0.15, 0.2) is 42.5 Å². The van der Waals surface area contributed by atoms with E-state index in [2.05, 4.69) is 51.8 Å². The molecular formula is C16H12INO2S. The smallest absolute Gasteiger partial charge is 0.338 e. The van der Waals surface area contributed by atoms with Crippen molar-refractivity contribution in [1.82, 2.24) is 4.98 Å². The van der Waals surface area contributed by atoms with Gasteiger partial charge in [0.2, 0.25) is 0 Å². The first kappa shape index (κ1) is 14.5. The highest BCUT2D eigenvalue weighted by molar-refractivity contribution is 14.1. The molecule has 3 nitrogen and oxygen atoms in total. The molecule has 1 aromatic heterocycles. The molecule has 0 aliphatic heterocycles. The van der Waals surface area contributed by atoms with Gasteiger partial charge >= 0.3 is 5.97 Å². The average Bonchev–Trinajstić information content (AvgIpc) is 2.91. The largest absolute Gasteiger partial charge is 0.462 e. The van der Waals surface area contributed by atoms with Crippen molar-refractivity contribution < 1.29 is 9.53 Å². The maximum absolute atomic E-state index is 11.8. The van der Waals surface area contributed by atoms with Crippen LogP contribution in [0, 0.1) is 3.57 Å². The van der Waals surface area contributed by atoms with Gasteiger partial charge in [0.05, 0.1) is 22.4 Å². The predicted octanol–water partition coefficient (Wildman–Crippen LogP) is 4.74. The molecule has 0 saturated heterocycles. The van der Waals surface area contributed by atoms with E-state index >= 15 is 0 Å². The van der Waals surface area contributed by atoms with Crippen molar-refractivity contribution in [2.45, 2.75) is 6.92 Å². The monoisotopic (exact) mass is 409 g/mol. The Labute approximate surface area is 140 Å². The molecule has 0 fully saturated rings. The first-order valence-electron chi connectivity index (χ1n) is 6.51. The van der Waals surface area contributed by atoms with Crippen LogP contribution in [0.1, 0.15) is 17.3 Å². The lowest BCUT2D eigenvalue weighted by atomic mass is 10.2. The topological polar surface area (TPSA) is 39.2 Å². The summed E-state index contributed by atoms with van der Waals surface area (Å²) in [6.45, 7) is 2.19. The SMILES string of the molecule is CCOC(=O)c1ccc2nc(-c3ccc(I)cc3)sc2c1. The number of nitrogens with zero attached hydrogens (tertiary/aromatic N) is 1. The van der Waals surface area contributed by atoms with Gasteiger partial charge in [0.1, 0.15) is 5.01 Å². The summed E-state index contributed by atoms with van der Waals surface area (Å²) in [5, 5.41) is 0.961. The number of benzene rings is 2. The van der Waals surface area contributed by atoms with Crippen LogP contribution in [0.25, 0.3) is 20.8 Å². The van der Waals surface area contributed by atoms with Crippen LogP contribution in [0.2, 0.25) is 0 Å². The molecule has 0 aliphatic rings. The minimum atomic E-state index is -0.288. The molecule has 3 aromatic rings. The van der Waals surface area contributed by atoms with E-state index in [1.807, 2.05) is 12.1 Å². The van der Waals surface area contributed by atoms with Crippen LogP contribution in [0.3, 0.4) is 0 Å². The molecule has 1 heterocycles. The minimum Gasteiger partial charge on any atom is -0.462 e. The van der Waals surface area contributed by atoms with Gasteiger partial charge < -0.3 is 4.74 Å². The molecule has 0 bridgehead atoms. The summed E-state index contributed by atoms with van der Waals surface area (Å²) >= 11 is 3.87. The molecule has 3 rings (SSSR count). The Balaban J connectivity index is 2.00. The van der Waals surface area contributed by atoms with E-state index in [-0.39, 0.29) is 5.97 Å². The highest BCUT2D eigenvalue weighted by atomic mass is 127. The summed E-state index contributed by atoms with van der Waals surface area (Å²) in [7, 11) is 0. The average molecular weight is 409 g/mol. The molecule has 21 heavy (non-hydrogen) atoms. The van der Waals surface area contributed by atoms with Crippen molar-refractivity contribution in [3.05, 3.63) is 51.6 Å². The molecule has 2 aromatic carbocycles. The Morgan fingerprint density at radius 2 is 2.00 bits per heavy atom. The number of halogens is 1. The van der Waals surface area contributed by atoms with Crippen LogP contribution < -0.4 is 0 Å². The number of fused-ring (bicyclic) bond motifs is 1. The summed E-state index contributed by atoms with van der Waals surface area (Å²) in [5.74, 6) is -0.288. The number of esters is 1. The molecule has 5 heteroatoms. The summed E-state index contributed by atoms with van der Waals surface area (Å²) in [6, 6.07) is 13.7. The summed E-state index contributed by atoms with van der Waals surface area (Å²) in [5.41, 5.74) is 2.57. The fourth-order valence-electron chi connectivity index (χ4n) is 1.98. The Morgan fingerprint density at radius 1 is 1.24 bits per heavy atom. The van der Waals surface area contributed by atoms with Crippen molar-refractivity contribution >= 4 is 50.1 Å². The first-order chi connectivity index (χ1) is 10.2. The highest BCUT2D eigenvalue weighted by Gasteiger charge is 2.11. The minimum absolute atomic E-state index is 0.288. The lowest BCUT2D eigenvalue weighted by Crippen LogP contribution is -2.03. The van der Waals surface area contributed by atoms with Crippen molar-refractivity contribution in [2.75, 3.05) is 6.61 Å². The zero-order chi connectivity index (χ0) is 14.8. The zero-order valence-corrected chi connectivity index (χ0v) is 14.3. The maximum atomic E-state index is 11.8. The van der Waals surface area contributed by atoms with Crippen molar-refractivity contribution in [2.24, 2.45) is 0 Å². The van der Waals surface area contributed by atoms with Crippen LogP contribution >= 0.6 is 33.9 Å². The second-order valence-corrected chi connectivity index (χ2v) is 6.71. The van der Waals surface area contributed by atoms with Gasteiger partial charge in [0.25, 0.3) is 0 Å². The predicted molar refractivity (Wildman–Crippen MR) is 93.7 cm³/mol. The van der Waals surface area contributed by atoms with Gasteiger partial charge in [-0.25, -0.2) is 9.78 Å². The van der Waals surface area contributed by atoms with Crippen molar-refractivity contribution in [3.63, 3.8) is 0 Å². The second-order valence-electron chi connectivity index (χ2n) is 4.43. The third-order valence-electron chi connectivity index (χ3n) is 2.99. The first-order valence-corrected chi connectivity index (χ1v) is 8.40. The fourth-order valence-corrected chi connectivity index (χ4v) is 3.35. The normalized spacial score (nSPS) is 10.8. The van der Waals surface area contributed by atoms with Crippen molar-refractivity contribution in [3.8, 4) is 10.6 Å². The fraction of sp³-hybridized carbons (Fsp3) is 0.125. The molecule has 0 amide bonds. The maximum Gasteiger partial charge on any atom is 0.338 e. The molecule has 106 valence electrons. The Kier molecular flexibility index (Phi) is 4.21. The van der Waals surface area contributed by atoms with Gasteiger partial charge in [0, 0.05) is 9.13 Å². The Morgan fingerprint density at radius 3 is 2.71 bits per heavy atom. The van der Waals surface area contributed by atoms with Crippen LogP contribution in [0.4, 0.5) is 0 Å². The number of carbonyl (C=O) groups is 1. The molecule has 0 aliphatic carbocycles. The third-order valence-corrected chi connectivity index (χ3v) is 4.78. The summed E-state index contributed by atoms with van der Waals surface area (Å²) in [4.78, 5) is 16.4. The third kappa shape index (κ3) is 3.08.